The zero-order valence-electron chi connectivity index (χ0n) is 18.1. The fourth-order valence-electron chi connectivity index (χ4n) is 2.70. The quantitative estimate of drug-likeness (QED) is 0.317. The van der Waals surface area contributed by atoms with Crippen LogP contribution in [0, 0.1) is 0 Å². The molecular formula is C23H28N2O6. The van der Waals surface area contributed by atoms with E-state index in [2.05, 4.69) is 10.5 Å². The molecule has 0 unspecified atom stereocenters. The number of hydrogen-bond donors (Lipinski definition) is 1. The van der Waals surface area contributed by atoms with Gasteiger partial charge in [0.25, 0.3) is 0 Å². The molecule has 2 aromatic carbocycles. The normalized spacial score (nSPS) is 10.5. The second-order valence-corrected chi connectivity index (χ2v) is 6.50. The molecule has 0 atom stereocenters. The van der Waals surface area contributed by atoms with Gasteiger partial charge in [-0.1, -0.05) is 12.1 Å². The van der Waals surface area contributed by atoms with Crippen molar-refractivity contribution in [3.8, 4) is 17.2 Å². The van der Waals surface area contributed by atoms with Gasteiger partial charge in [-0.15, -0.1) is 0 Å². The molecule has 0 fully saturated rings. The fourth-order valence-corrected chi connectivity index (χ4v) is 2.70. The summed E-state index contributed by atoms with van der Waals surface area (Å²) >= 11 is 0. The summed E-state index contributed by atoms with van der Waals surface area (Å²) in [5, 5.41) is 3.98. The lowest BCUT2D eigenvalue weighted by Gasteiger charge is -2.10. The average Bonchev–Trinajstić information content (AvgIpc) is 2.78. The molecule has 8 nitrogen and oxygen atoms in total. The molecule has 2 aromatic rings. The molecule has 31 heavy (non-hydrogen) atoms. The van der Waals surface area contributed by atoms with Gasteiger partial charge in [-0.05, 0) is 61.2 Å². The smallest absolute Gasteiger partial charge is 0.344 e. The van der Waals surface area contributed by atoms with Gasteiger partial charge in [0.15, 0.2) is 18.1 Å². The van der Waals surface area contributed by atoms with Crippen LogP contribution in [-0.2, 0) is 20.7 Å². The molecule has 8 heteroatoms. The van der Waals surface area contributed by atoms with Crippen LogP contribution in [0.1, 0.15) is 30.9 Å². The van der Waals surface area contributed by atoms with Crippen LogP contribution in [0.25, 0.3) is 0 Å². The van der Waals surface area contributed by atoms with Crippen LogP contribution < -0.4 is 19.6 Å². The van der Waals surface area contributed by atoms with Crippen LogP contribution in [0.3, 0.4) is 0 Å². The van der Waals surface area contributed by atoms with Gasteiger partial charge >= 0.3 is 5.97 Å². The van der Waals surface area contributed by atoms with E-state index in [4.69, 9.17) is 18.9 Å². The van der Waals surface area contributed by atoms with Crippen molar-refractivity contribution < 1.29 is 28.5 Å². The number of rotatable bonds is 12. The van der Waals surface area contributed by atoms with Crippen molar-refractivity contribution in [1.29, 1.82) is 0 Å². The van der Waals surface area contributed by atoms with Gasteiger partial charge in [-0.3, -0.25) is 4.79 Å². The minimum atomic E-state index is -0.454. The predicted molar refractivity (Wildman–Crippen MR) is 117 cm³/mol. The van der Waals surface area contributed by atoms with Gasteiger partial charge in [0, 0.05) is 6.42 Å². The van der Waals surface area contributed by atoms with Gasteiger partial charge in [0.1, 0.15) is 5.75 Å². The number of hydrazone groups is 1. The molecule has 0 aliphatic heterocycles. The van der Waals surface area contributed by atoms with Crippen molar-refractivity contribution >= 4 is 18.1 Å². The van der Waals surface area contributed by atoms with Gasteiger partial charge < -0.3 is 18.9 Å². The topological polar surface area (TPSA) is 95.5 Å². The number of carbonyl (C=O) groups is 2. The number of ether oxygens (including phenoxy) is 4. The Kier molecular flexibility index (Phi) is 9.87. The molecule has 0 radical (unpaired) electrons. The molecule has 0 aliphatic rings. The van der Waals surface area contributed by atoms with Crippen molar-refractivity contribution in [3.05, 3.63) is 53.6 Å². The second kappa shape index (κ2) is 12.9. The summed E-state index contributed by atoms with van der Waals surface area (Å²) in [6.07, 6.45) is 3.39. The maximum atomic E-state index is 12.0. The number of methoxy groups -OCH3 is 2. The van der Waals surface area contributed by atoms with Crippen LogP contribution in [-0.4, -0.2) is 45.5 Å². The lowest BCUT2D eigenvalue weighted by Crippen LogP contribution is -2.17. The van der Waals surface area contributed by atoms with E-state index in [9.17, 15) is 9.59 Å². The molecule has 166 valence electrons. The highest BCUT2D eigenvalue weighted by Crippen LogP contribution is 2.27. The summed E-state index contributed by atoms with van der Waals surface area (Å²) < 4.78 is 20.7. The zero-order chi connectivity index (χ0) is 22.5. The van der Waals surface area contributed by atoms with Crippen LogP contribution in [0.15, 0.2) is 47.6 Å². The summed E-state index contributed by atoms with van der Waals surface area (Å²) in [7, 11) is 3.13. The Morgan fingerprint density at radius 3 is 2.48 bits per heavy atom. The zero-order valence-corrected chi connectivity index (χ0v) is 18.1. The molecule has 0 heterocycles. The van der Waals surface area contributed by atoms with E-state index in [1.165, 1.54) is 13.3 Å². The number of nitrogens with one attached hydrogen (secondary N) is 1. The van der Waals surface area contributed by atoms with E-state index < -0.39 is 5.97 Å². The van der Waals surface area contributed by atoms with E-state index in [0.717, 1.165) is 17.7 Å². The number of amides is 1. The number of hydrogen-bond acceptors (Lipinski definition) is 7. The molecule has 0 saturated carbocycles. The van der Waals surface area contributed by atoms with E-state index in [1.54, 1.807) is 32.2 Å². The first kappa shape index (κ1) is 23.7. The van der Waals surface area contributed by atoms with Crippen molar-refractivity contribution in [2.75, 3.05) is 27.4 Å². The average molecular weight is 428 g/mol. The third-order valence-corrected chi connectivity index (χ3v) is 4.27. The molecule has 2 rings (SSSR count). The Morgan fingerprint density at radius 1 is 1.03 bits per heavy atom. The molecule has 1 N–H and O–H groups in total. The third-order valence-electron chi connectivity index (χ3n) is 4.27. The number of aryl methyl sites for hydroxylation is 1. The minimum absolute atomic E-state index is 0.161. The van der Waals surface area contributed by atoms with Crippen LogP contribution in [0.4, 0.5) is 0 Å². The van der Waals surface area contributed by atoms with Gasteiger partial charge in [-0.2, -0.15) is 5.10 Å². The van der Waals surface area contributed by atoms with E-state index in [-0.39, 0.29) is 12.5 Å². The molecule has 0 bridgehead atoms. The Bertz CT molecular complexity index is 880. The maximum Gasteiger partial charge on any atom is 0.344 e. The molecule has 1 amide bonds. The highest BCUT2D eigenvalue weighted by molar-refractivity contribution is 5.83. The summed E-state index contributed by atoms with van der Waals surface area (Å²) in [6, 6.07) is 12.9. The van der Waals surface area contributed by atoms with Crippen LogP contribution in [0.5, 0.6) is 17.2 Å². The lowest BCUT2D eigenvalue weighted by atomic mass is 10.1. The molecule has 0 aromatic heterocycles. The monoisotopic (exact) mass is 428 g/mol. The molecule has 0 aliphatic carbocycles. The van der Waals surface area contributed by atoms with Crippen LogP contribution >= 0.6 is 0 Å². The summed E-state index contributed by atoms with van der Waals surface area (Å²) in [5.74, 6) is 1.05. The third kappa shape index (κ3) is 8.38. The summed E-state index contributed by atoms with van der Waals surface area (Å²) in [6.45, 7) is 1.82. The standard InChI is InChI=1S/C23H28N2O6/c1-4-30-23(27)16-31-20-13-10-18(14-21(20)29-3)15-24-25-22(26)7-5-6-17-8-11-19(28-2)12-9-17/h8-15H,4-7,16H2,1-3H3,(H,25,26). The Hall–Kier alpha value is -3.55. The Morgan fingerprint density at radius 2 is 1.81 bits per heavy atom. The van der Waals surface area contributed by atoms with Gasteiger partial charge in [0.2, 0.25) is 5.91 Å². The number of carbonyl (C=O) groups excluding carboxylic acids is 2. The molecule has 0 spiro atoms. The van der Waals surface area contributed by atoms with Gasteiger partial charge in [0.05, 0.1) is 27.0 Å². The van der Waals surface area contributed by atoms with Crippen molar-refractivity contribution in [2.24, 2.45) is 5.10 Å². The maximum absolute atomic E-state index is 12.0. The first-order valence-electron chi connectivity index (χ1n) is 9.97. The lowest BCUT2D eigenvalue weighted by molar-refractivity contribution is -0.145. The number of esters is 1. The van der Waals surface area contributed by atoms with Crippen molar-refractivity contribution in [2.45, 2.75) is 26.2 Å². The van der Waals surface area contributed by atoms with E-state index in [1.807, 2.05) is 24.3 Å². The second-order valence-electron chi connectivity index (χ2n) is 6.50. The SMILES string of the molecule is CCOC(=O)COc1ccc(C=NNC(=O)CCCc2ccc(OC)cc2)cc1OC. The molecule has 0 saturated heterocycles. The highest BCUT2D eigenvalue weighted by Gasteiger charge is 2.09. The van der Waals surface area contributed by atoms with Crippen molar-refractivity contribution in [3.63, 3.8) is 0 Å². The van der Waals surface area contributed by atoms with Crippen LogP contribution in [0.2, 0.25) is 0 Å². The number of benzene rings is 2. The Balaban J connectivity index is 1.78. The largest absolute Gasteiger partial charge is 0.497 e. The first-order chi connectivity index (χ1) is 15.0. The fraction of sp³-hybridized carbons (Fsp3) is 0.348. The summed E-state index contributed by atoms with van der Waals surface area (Å²) in [4.78, 5) is 23.4. The predicted octanol–water partition coefficient (Wildman–Crippen LogP) is 3.12. The van der Waals surface area contributed by atoms with E-state index in [0.29, 0.717) is 36.5 Å². The number of nitrogens with zero attached hydrogens (tertiary/aromatic N) is 1. The molecular weight excluding hydrogens is 400 g/mol. The first-order valence-corrected chi connectivity index (χ1v) is 9.97. The highest BCUT2D eigenvalue weighted by atomic mass is 16.6. The Labute approximate surface area is 182 Å². The van der Waals surface area contributed by atoms with Gasteiger partial charge in [-0.25, -0.2) is 10.2 Å². The minimum Gasteiger partial charge on any atom is -0.497 e. The van der Waals surface area contributed by atoms with E-state index >= 15 is 0 Å². The van der Waals surface area contributed by atoms with Crippen molar-refractivity contribution in [1.82, 2.24) is 5.43 Å². The summed E-state index contributed by atoms with van der Waals surface area (Å²) in [5.41, 5.74) is 4.37.